The normalized spacial score (nSPS) is 19.6. The molecule has 1 saturated carbocycles. The highest BCUT2D eigenvalue weighted by Crippen LogP contribution is 2.31. The largest absolute Gasteiger partial charge is 0.413 e. The van der Waals surface area contributed by atoms with Crippen molar-refractivity contribution in [3.05, 3.63) is 76.8 Å². The van der Waals surface area contributed by atoms with Crippen molar-refractivity contribution in [2.24, 2.45) is 5.92 Å². The molecule has 0 aromatic heterocycles. The van der Waals surface area contributed by atoms with Crippen LogP contribution in [-0.4, -0.2) is 73.3 Å². The molecular formula is C37H45BrN4O5. The molecule has 3 aliphatic rings. The topological polar surface area (TPSA) is 109 Å². The van der Waals surface area contributed by atoms with Gasteiger partial charge in [0.15, 0.2) is 0 Å². The highest BCUT2D eigenvalue weighted by atomic mass is 79.9. The number of halogens is 1. The molecule has 1 aliphatic carbocycles. The zero-order valence-corrected chi connectivity index (χ0v) is 28.4. The van der Waals surface area contributed by atoms with Crippen molar-refractivity contribution < 1.29 is 23.9 Å². The van der Waals surface area contributed by atoms with Gasteiger partial charge in [-0.2, -0.15) is 0 Å². The first kappa shape index (κ1) is 33.4. The minimum atomic E-state index is -1.15. The molecule has 2 aliphatic heterocycles. The number of carbonyl (C=O) groups excluding carboxylic acids is 3. The van der Waals surface area contributed by atoms with Gasteiger partial charge in [0, 0.05) is 36.7 Å². The van der Waals surface area contributed by atoms with Gasteiger partial charge in [0.25, 0.3) is 0 Å². The van der Waals surface area contributed by atoms with Crippen LogP contribution in [0.15, 0.2) is 71.2 Å². The lowest BCUT2D eigenvalue weighted by Crippen LogP contribution is -2.61. The molecule has 9 nitrogen and oxygen atoms in total. The first-order valence-electron chi connectivity index (χ1n) is 17.0. The molecule has 1 atom stereocenters. The Labute approximate surface area is 285 Å². The number of likely N-dealkylation sites (tertiary alicyclic amines) is 1. The molecule has 10 heteroatoms. The van der Waals surface area contributed by atoms with E-state index in [-0.39, 0.29) is 11.8 Å². The molecule has 3 N–H and O–H groups in total. The summed E-state index contributed by atoms with van der Waals surface area (Å²) in [6.45, 7) is 4.35. The molecule has 0 bridgehead atoms. The molecule has 0 unspecified atom stereocenters. The second-order valence-electron chi connectivity index (χ2n) is 13.2. The van der Waals surface area contributed by atoms with Crippen molar-refractivity contribution >= 4 is 44.6 Å². The van der Waals surface area contributed by atoms with Crippen LogP contribution in [0.5, 0.6) is 5.75 Å². The van der Waals surface area contributed by atoms with Gasteiger partial charge in [-0.15, -0.1) is 0 Å². The lowest BCUT2D eigenvalue weighted by Gasteiger charge is -2.39. The number of ether oxygens (including phenoxy) is 2. The quantitative estimate of drug-likeness (QED) is 0.249. The van der Waals surface area contributed by atoms with Gasteiger partial charge in [0.2, 0.25) is 11.8 Å². The van der Waals surface area contributed by atoms with E-state index in [0.717, 1.165) is 85.6 Å². The molecule has 2 heterocycles. The maximum absolute atomic E-state index is 14.0. The van der Waals surface area contributed by atoms with E-state index in [1.807, 2.05) is 54.6 Å². The van der Waals surface area contributed by atoms with Crippen LogP contribution in [0.1, 0.15) is 56.9 Å². The van der Waals surface area contributed by atoms with E-state index in [1.165, 1.54) is 0 Å². The average Bonchev–Trinajstić information content (AvgIpc) is 3.57. The number of nitrogens with one attached hydrogen (secondary N) is 3. The van der Waals surface area contributed by atoms with Crippen molar-refractivity contribution in [2.45, 2.75) is 75.4 Å². The van der Waals surface area contributed by atoms with E-state index in [0.29, 0.717) is 43.5 Å². The predicted octanol–water partition coefficient (Wildman–Crippen LogP) is 5.74. The first-order chi connectivity index (χ1) is 22.9. The maximum atomic E-state index is 14.0. The number of hydrogen-bond donors (Lipinski definition) is 3. The van der Waals surface area contributed by atoms with E-state index in [4.69, 9.17) is 9.47 Å². The van der Waals surface area contributed by atoms with Crippen LogP contribution >= 0.6 is 15.9 Å². The third-order valence-corrected chi connectivity index (χ3v) is 10.5. The number of hydrogen-bond acceptors (Lipinski definition) is 6. The summed E-state index contributed by atoms with van der Waals surface area (Å²) < 4.78 is 12.2. The lowest BCUT2D eigenvalue weighted by molar-refractivity contribution is -0.132. The van der Waals surface area contributed by atoms with Gasteiger partial charge >= 0.3 is 6.09 Å². The summed E-state index contributed by atoms with van der Waals surface area (Å²) in [7, 11) is 0. The van der Waals surface area contributed by atoms with E-state index in [1.54, 1.807) is 12.1 Å². The second-order valence-corrected chi connectivity index (χ2v) is 14.2. The van der Waals surface area contributed by atoms with Crippen LogP contribution in [-0.2, 0) is 20.7 Å². The maximum Gasteiger partial charge on any atom is 0.413 e. The van der Waals surface area contributed by atoms with Crippen molar-refractivity contribution in [3.63, 3.8) is 0 Å². The fraction of sp³-hybridized carbons (Fsp3) is 0.486. The van der Waals surface area contributed by atoms with Gasteiger partial charge in [-0.25, -0.2) is 4.79 Å². The second kappa shape index (κ2) is 15.6. The fourth-order valence-electron chi connectivity index (χ4n) is 7.27. The fourth-order valence-corrected chi connectivity index (χ4v) is 7.65. The molecule has 3 fully saturated rings. The number of benzene rings is 3. The summed E-state index contributed by atoms with van der Waals surface area (Å²) in [5.74, 6) is 0.243. The van der Waals surface area contributed by atoms with Crippen LogP contribution in [0.4, 0.5) is 4.79 Å². The average molecular weight is 706 g/mol. The summed E-state index contributed by atoms with van der Waals surface area (Å²) in [6.07, 6.45) is 6.48. The monoisotopic (exact) mass is 704 g/mol. The number of rotatable bonds is 10. The highest BCUT2D eigenvalue weighted by molar-refractivity contribution is 9.10. The van der Waals surface area contributed by atoms with Crippen LogP contribution in [0, 0.1) is 5.92 Å². The number of fused-ring (bicyclic) bond motifs is 1. The first-order valence-corrected chi connectivity index (χ1v) is 17.8. The molecular weight excluding hydrogens is 660 g/mol. The Balaban J connectivity index is 1.08. The Morgan fingerprint density at radius 3 is 2.36 bits per heavy atom. The Bertz CT molecular complexity index is 1530. The smallest absolute Gasteiger partial charge is 0.410 e. The van der Waals surface area contributed by atoms with Gasteiger partial charge in [0.05, 0.1) is 0 Å². The molecule has 47 heavy (non-hydrogen) atoms. The molecule has 3 amide bonds. The minimum Gasteiger partial charge on any atom is -0.410 e. The summed E-state index contributed by atoms with van der Waals surface area (Å²) in [6, 6.07) is 20.9. The molecule has 3 aromatic carbocycles. The highest BCUT2D eigenvalue weighted by Gasteiger charge is 2.44. The Morgan fingerprint density at radius 2 is 1.62 bits per heavy atom. The van der Waals surface area contributed by atoms with E-state index >= 15 is 0 Å². The van der Waals surface area contributed by atoms with Crippen LogP contribution in [0.3, 0.4) is 0 Å². The van der Waals surface area contributed by atoms with Crippen molar-refractivity contribution in [1.82, 2.24) is 20.9 Å². The minimum absolute atomic E-state index is 0.201. The zero-order chi connectivity index (χ0) is 32.6. The third-order valence-electron chi connectivity index (χ3n) is 10.0. The molecule has 0 radical (unpaired) electrons. The van der Waals surface area contributed by atoms with Crippen LogP contribution in [0.2, 0.25) is 0 Å². The Hall–Kier alpha value is -3.47. The summed E-state index contributed by atoms with van der Waals surface area (Å²) >= 11 is 3.48. The number of piperidine rings is 1. The van der Waals surface area contributed by atoms with Crippen molar-refractivity contribution in [1.29, 1.82) is 0 Å². The van der Waals surface area contributed by atoms with Crippen molar-refractivity contribution in [3.8, 4) is 5.75 Å². The van der Waals surface area contributed by atoms with E-state index in [9.17, 15) is 14.4 Å². The van der Waals surface area contributed by atoms with E-state index < -0.39 is 17.7 Å². The van der Waals surface area contributed by atoms with Crippen LogP contribution < -0.4 is 20.7 Å². The number of nitrogens with zero attached hydrogens (tertiary/aromatic N) is 1. The van der Waals surface area contributed by atoms with Crippen molar-refractivity contribution in [2.75, 3.05) is 32.8 Å². The molecule has 250 valence electrons. The summed E-state index contributed by atoms with van der Waals surface area (Å²) in [5, 5.41) is 11.0. The summed E-state index contributed by atoms with van der Waals surface area (Å²) in [5.41, 5.74) is -0.195. The van der Waals surface area contributed by atoms with Gasteiger partial charge in [-0.05, 0) is 98.1 Å². The van der Waals surface area contributed by atoms with Gasteiger partial charge in [-0.1, -0.05) is 71.2 Å². The zero-order valence-electron chi connectivity index (χ0n) is 26.8. The standard InChI is InChI=1S/C37H45BrN4O5/c38-30-10-8-29-24-32(11-9-28(29)23-30)47-36(45)41-37(16-4-5-17-37)35(44)40-33(22-26-6-2-1-3-7-26)34(43)39-25-27-12-18-42(19-13-27)31-14-20-46-21-15-31/h1-3,6-11,23-24,27,31,33H,4-5,12-22,25H2,(H,39,43)(H,40,44)(H,41,45)/t33-/m1/s1. The molecule has 0 spiro atoms. The summed E-state index contributed by atoms with van der Waals surface area (Å²) in [4.78, 5) is 43.4. The van der Waals surface area contributed by atoms with Gasteiger partial charge in [-0.3, -0.25) is 9.59 Å². The predicted molar refractivity (Wildman–Crippen MR) is 185 cm³/mol. The molecule has 2 saturated heterocycles. The Morgan fingerprint density at radius 1 is 0.915 bits per heavy atom. The van der Waals surface area contributed by atoms with E-state index in [2.05, 4.69) is 36.8 Å². The van der Waals surface area contributed by atoms with Crippen LogP contribution in [0.25, 0.3) is 10.8 Å². The lowest BCUT2D eigenvalue weighted by atomic mass is 9.93. The molecule has 3 aromatic rings. The molecule has 6 rings (SSSR count). The van der Waals surface area contributed by atoms with Gasteiger partial charge in [0.1, 0.15) is 17.3 Å². The Kier molecular flexibility index (Phi) is 11.1. The number of carbonyl (C=O) groups is 3. The SMILES string of the molecule is O=C(NC1(C(=O)N[C@H](Cc2ccccc2)C(=O)NCC2CCN(C3CCOCC3)CC2)CCCC1)Oc1ccc2cc(Br)ccc2c1. The third kappa shape index (κ3) is 8.72. The van der Waals surface area contributed by atoms with Gasteiger partial charge < -0.3 is 30.3 Å². The number of amides is 3.